The van der Waals surface area contributed by atoms with Crippen LogP contribution in [0.15, 0.2) is 30.3 Å². The van der Waals surface area contributed by atoms with Crippen LogP contribution in [0.1, 0.15) is 22.9 Å². The molecule has 9 heteroatoms. The highest BCUT2D eigenvalue weighted by Crippen LogP contribution is 2.36. The molecular weight excluding hydrogens is 372 g/mol. The van der Waals surface area contributed by atoms with Crippen molar-refractivity contribution >= 4 is 11.0 Å². The Morgan fingerprint density at radius 2 is 1.70 bits per heavy atom. The Labute approximate surface area is 149 Å². The highest BCUT2D eigenvalue weighted by Gasteiger charge is 2.34. The van der Waals surface area contributed by atoms with Crippen LogP contribution in [0.25, 0.3) is 11.0 Å². The van der Waals surface area contributed by atoms with Gasteiger partial charge in [-0.05, 0) is 29.8 Å². The first-order valence-electron chi connectivity index (χ1n) is 8.11. The lowest BCUT2D eigenvalue weighted by Gasteiger charge is -2.30. The third-order valence-electron chi connectivity index (χ3n) is 4.91. The summed E-state index contributed by atoms with van der Waals surface area (Å²) in [4.78, 5) is 4.31. The van der Waals surface area contributed by atoms with Gasteiger partial charge in [-0.25, -0.2) is 18.2 Å². The minimum atomic E-state index is -4.49. The van der Waals surface area contributed by atoms with E-state index < -0.39 is 41.2 Å². The number of hydrogen-bond donors (Lipinski definition) is 1. The monoisotopic (exact) mass is 385 g/mol. The molecule has 0 saturated carbocycles. The number of hydrogen-bond acceptors (Lipinski definition) is 2. The van der Waals surface area contributed by atoms with Crippen LogP contribution in [0.2, 0.25) is 0 Å². The number of rotatable bonds is 1. The maximum Gasteiger partial charge on any atom is 0.416 e. The second-order valence-electron chi connectivity index (χ2n) is 6.60. The maximum absolute atomic E-state index is 14.1. The third-order valence-corrected chi connectivity index (χ3v) is 4.91. The van der Waals surface area contributed by atoms with Crippen LogP contribution in [0.4, 0.5) is 26.3 Å². The number of aromatic nitrogens is 2. The van der Waals surface area contributed by atoms with Gasteiger partial charge in [-0.2, -0.15) is 13.2 Å². The fraction of sp³-hybridized carbons (Fsp3) is 0.278. The molecule has 1 aliphatic rings. The first-order chi connectivity index (χ1) is 12.6. The van der Waals surface area contributed by atoms with Gasteiger partial charge in [-0.1, -0.05) is 0 Å². The van der Waals surface area contributed by atoms with Crippen molar-refractivity contribution in [1.82, 2.24) is 9.55 Å². The van der Waals surface area contributed by atoms with Crippen LogP contribution in [0, 0.1) is 17.5 Å². The molecule has 2 atom stereocenters. The second kappa shape index (κ2) is 5.98. The average Bonchev–Trinajstić information content (AvgIpc) is 2.93. The average molecular weight is 385 g/mol. The van der Waals surface area contributed by atoms with Crippen LogP contribution >= 0.6 is 0 Å². The van der Waals surface area contributed by atoms with E-state index in [1.807, 2.05) is 0 Å². The summed E-state index contributed by atoms with van der Waals surface area (Å²) in [5.74, 6) is -3.66. The van der Waals surface area contributed by atoms with E-state index in [9.17, 15) is 26.3 Å². The first kappa shape index (κ1) is 17.8. The molecule has 2 aromatic carbocycles. The fourth-order valence-corrected chi connectivity index (χ4v) is 3.56. The molecule has 3 nitrogen and oxygen atoms in total. The maximum atomic E-state index is 14.1. The number of nitrogens with zero attached hydrogens (tertiary/aromatic N) is 2. The Hall–Kier alpha value is -2.55. The number of alkyl halides is 3. The minimum absolute atomic E-state index is 0.0734. The summed E-state index contributed by atoms with van der Waals surface area (Å²) >= 11 is 0. The molecule has 0 amide bonds. The predicted octanol–water partition coefficient (Wildman–Crippen LogP) is 4.14. The van der Waals surface area contributed by atoms with E-state index in [2.05, 4.69) is 4.98 Å². The second-order valence-corrected chi connectivity index (χ2v) is 6.60. The topological polar surface area (TPSA) is 43.8 Å². The minimum Gasteiger partial charge on any atom is -0.326 e. The molecule has 142 valence electrons. The molecule has 2 heterocycles. The van der Waals surface area contributed by atoms with Gasteiger partial charge in [0.25, 0.3) is 0 Å². The lowest BCUT2D eigenvalue weighted by atomic mass is 9.86. The summed E-state index contributed by atoms with van der Waals surface area (Å²) in [6.07, 6.45) is -4.40. The normalized spacial score (nSPS) is 20.1. The van der Waals surface area contributed by atoms with Gasteiger partial charge in [0.2, 0.25) is 0 Å². The predicted molar refractivity (Wildman–Crippen MR) is 85.5 cm³/mol. The molecule has 0 unspecified atom stereocenters. The molecule has 0 aliphatic carbocycles. The van der Waals surface area contributed by atoms with Crippen molar-refractivity contribution in [2.45, 2.75) is 31.1 Å². The van der Waals surface area contributed by atoms with Crippen LogP contribution in [0.3, 0.4) is 0 Å². The summed E-state index contributed by atoms with van der Waals surface area (Å²) < 4.78 is 81.3. The van der Waals surface area contributed by atoms with Gasteiger partial charge in [0.1, 0.15) is 11.6 Å². The molecule has 0 radical (unpaired) electrons. The lowest BCUT2D eigenvalue weighted by molar-refractivity contribution is -0.137. The molecular formula is C18H13F6N3. The number of nitrogens with two attached hydrogens (primary N) is 1. The van der Waals surface area contributed by atoms with Crippen molar-refractivity contribution in [3.05, 3.63) is 64.7 Å². The Morgan fingerprint density at radius 1 is 1.00 bits per heavy atom. The Morgan fingerprint density at radius 3 is 2.41 bits per heavy atom. The number of benzene rings is 2. The molecule has 1 aliphatic heterocycles. The Balaban J connectivity index is 1.78. The third kappa shape index (κ3) is 2.95. The highest BCUT2D eigenvalue weighted by molar-refractivity contribution is 5.77. The molecule has 2 N–H and O–H groups in total. The largest absolute Gasteiger partial charge is 0.416 e. The summed E-state index contributed by atoms with van der Waals surface area (Å²) in [5, 5.41) is 0. The summed E-state index contributed by atoms with van der Waals surface area (Å²) in [7, 11) is 0. The van der Waals surface area contributed by atoms with Gasteiger partial charge in [0.15, 0.2) is 11.6 Å². The van der Waals surface area contributed by atoms with Crippen molar-refractivity contribution < 1.29 is 26.3 Å². The van der Waals surface area contributed by atoms with E-state index in [1.165, 1.54) is 6.07 Å². The van der Waals surface area contributed by atoms with Gasteiger partial charge >= 0.3 is 6.18 Å². The van der Waals surface area contributed by atoms with Gasteiger partial charge < -0.3 is 10.3 Å². The molecule has 0 spiro atoms. The SMILES string of the molecule is N[C@H]1Cn2c(nc3ccc(C(F)(F)F)cc32)C[C@@H]1c1cc(F)c(F)cc1F. The van der Waals surface area contributed by atoms with Gasteiger partial charge in [0.05, 0.1) is 16.6 Å². The van der Waals surface area contributed by atoms with Crippen LogP contribution in [-0.4, -0.2) is 15.6 Å². The van der Waals surface area contributed by atoms with E-state index in [1.54, 1.807) is 4.57 Å². The van der Waals surface area contributed by atoms with Crippen molar-refractivity contribution in [3.8, 4) is 0 Å². The quantitative estimate of drug-likeness (QED) is 0.506. The lowest BCUT2D eigenvalue weighted by Crippen LogP contribution is -2.39. The zero-order chi connectivity index (χ0) is 19.5. The Kier molecular flexibility index (Phi) is 3.95. The van der Waals surface area contributed by atoms with Crippen molar-refractivity contribution in [3.63, 3.8) is 0 Å². The van der Waals surface area contributed by atoms with E-state index in [4.69, 9.17) is 5.73 Å². The number of imidazole rings is 1. The van der Waals surface area contributed by atoms with Crippen molar-refractivity contribution in [2.24, 2.45) is 5.73 Å². The highest BCUT2D eigenvalue weighted by atomic mass is 19.4. The zero-order valence-electron chi connectivity index (χ0n) is 13.7. The summed E-state index contributed by atoms with van der Waals surface area (Å²) in [5.41, 5.74) is 5.86. The summed E-state index contributed by atoms with van der Waals surface area (Å²) in [6, 6.07) is 3.73. The molecule has 3 aromatic rings. The summed E-state index contributed by atoms with van der Waals surface area (Å²) in [6.45, 7) is 0.0796. The fourth-order valence-electron chi connectivity index (χ4n) is 3.56. The first-order valence-corrected chi connectivity index (χ1v) is 8.11. The van der Waals surface area contributed by atoms with Gasteiger partial charge in [-0.15, -0.1) is 0 Å². The van der Waals surface area contributed by atoms with Gasteiger partial charge in [-0.3, -0.25) is 0 Å². The number of halogens is 6. The van der Waals surface area contributed by atoms with E-state index in [0.717, 1.165) is 18.2 Å². The zero-order valence-corrected chi connectivity index (χ0v) is 13.7. The standard InChI is InChI=1S/C18H13F6N3/c19-11-6-13(21)12(20)4-9(11)10-5-17-26-15-2-1-8(18(22,23)24)3-16(15)27(17)7-14(10)25/h1-4,6,10,14H,5,7,25H2/t10-,14+/m1/s1. The molecule has 0 bridgehead atoms. The van der Waals surface area contributed by atoms with E-state index in [-0.39, 0.29) is 24.0 Å². The van der Waals surface area contributed by atoms with Crippen LogP contribution < -0.4 is 5.73 Å². The van der Waals surface area contributed by atoms with Crippen LogP contribution in [-0.2, 0) is 19.1 Å². The molecule has 4 rings (SSSR count). The van der Waals surface area contributed by atoms with Crippen molar-refractivity contribution in [1.29, 1.82) is 0 Å². The van der Waals surface area contributed by atoms with Crippen molar-refractivity contribution in [2.75, 3.05) is 0 Å². The van der Waals surface area contributed by atoms with Crippen LogP contribution in [0.5, 0.6) is 0 Å². The molecule has 0 saturated heterocycles. The molecule has 0 fully saturated rings. The number of fused-ring (bicyclic) bond motifs is 3. The smallest absolute Gasteiger partial charge is 0.326 e. The Bertz CT molecular complexity index is 1040. The molecule has 1 aromatic heterocycles. The molecule has 27 heavy (non-hydrogen) atoms. The van der Waals surface area contributed by atoms with E-state index >= 15 is 0 Å². The van der Waals surface area contributed by atoms with Gasteiger partial charge in [0, 0.05) is 31.0 Å². The van der Waals surface area contributed by atoms with E-state index in [0.29, 0.717) is 17.4 Å².